The lowest BCUT2D eigenvalue weighted by Gasteiger charge is -2.27. The molecular weight excluding hydrogens is 332 g/mol. The summed E-state index contributed by atoms with van der Waals surface area (Å²) in [5, 5.41) is 21.8. The molecule has 0 saturated heterocycles. The second-order valence-electron chi connectivity index (χ2n) is 7.00. The SMILES string of the molecule is CC(C)(C)OC(=O)N(C(=O)OC(C)(C)C)c1nn(C(=O)O)cc1C#N. The molecule has 0 spiro atoms. The van der Waals surface area contributed by atoms with Gasteiger partial charge in [0.15, 0.2) is 5.82 Å². The predicted octanol–water partition coefficient (Wildman–Crippen LogP) is 2.96. The summed E-state index contributed by atoms with van der Waals surface area (Å²) in [5.41, 5.74) is -2.20. The number of amides is 2. The van der Waals surface area contributed by atoms with Gasteiger partial charge >= 0.3 is 18.3 Å². The molecule has 10 heteroatoms. The zero-order valence-corrected chi connectivity index (χ0v) is 14.9. The third kappa shape index (κ3) is 5.49. The van der Waals surface area contributed by atoms with E-state index < -0.39 is 35.3 Å². The van der Waals surface area contributed by atoms with Crippen LogP contribution in [0.1, 0.15) is 47.1 Å². The van der Waals surface area contributed by atoms with E-state index in [9.17, 15) is 14.4 Å². The molecule has 1 heterocycles. The number of hydrogen-bond donors (Lipinski definition) is 1. The maximum absolute atomic E-state index is 12.4. The second-order valence-corrected chi connectivity index (χ2v) is 7.00. The van der Waals surface area contributed by atoms with Crippen LogP contribution in [0.25, 0.3) is 0 Å². The monoisotopic (exact) mass is 352 g/mol. The smallest absolute Gasteiger partial charge is 0.432 e. The van der Waals surface area contributed by atoms with Crippen LogP contribution >= 0.6 is 0 Å². The van der Waals surface area contributed by atoms with E-state index in [1.54, 1.807) is 47.6 Å². The highest BCUT2D eigenvalue weighted by atomic mass is 16.6. The molecule has 0 saturated carbocycles. The number of hydrogen-bond acceptors (Lipinski definition) is 7. The molecule has 1 aromatic heterocycles. The topological polar surface area (TPSA) is 135 Å². The van der Waals surface area contributed by atoms with Crippen molar-refractivity contribution in [1.82, 2.24) is 9.78 Å². The Hall–Kier alpha value is -3.09. The van der Waals surface area contributed by atoms with Gasteiger partial charge in [-0.2, -0.15) is 14.8 Å². The van der Waals surface area contributed by atoms with Gasteiger partial charge in [0.05, 0.1) is 6.20 Å². The molecule has 136 valence electrons. The summed E-state index contributed by atoms with van der Waals surface area (Å²) in [6, 6.07) is 1.68. The molecular formula is C15H20N4O6. The van der Waals surface area contributed by atoms with Crippen LogP contribution in [0.3, 0.4) is 0 Å². The second kappa shape index (κ2) is 6.80. The molecule has 0 aliphatic carbocycles. The molecule has 0 unspecified atom stereocenters. The fraction of sp³-hybridized carbons (Fsp3) is 0.533. The number of carbonyl (C=O) groups excluding carboxylic acids is 2. The number of ether oxygens (including phenoxy) is 2. The average molecular weight is 352 g/mol. The standard InChI is InChI=1S/C15H20N4O6/c1-14(2,3)24-12(22)19(13(23)25-15(4,5)6)10-9(7-16)8-18(17-10)11(20)21/h8H,1-6H3,(H,20,21). The summed E-state index contributed by atoms with van der Waals surface area (Å²) < 4.78 is 10.7. The average Bonchev–Trinajstić information content (AvgIpc) is 2.78. The van der Waals surface area contributed by atoms with Crippen LogP contribution in [0.4, 0.5) is 20.2 Å². The molecule has 1 aromatic rings. The summed E-state index contributed by atoms with van der Waals surface area (Å²) in [4.78, 5) is 36.3. The molecule has 0 aromatic carbocycles. The van der Waals surface area contributed by atoms with E-state index in [2.05, 4.69) is 5.10 Å². The minimum absolute atomic E-state index is 0.306. The van der Waals surface area contributed by atoms with Crippen molar-refractivity contribution in [2.24, 2.45) is 0 Å². The molecule has 0 aliphatic heterocycles. The van der Waals surface area contributed by atoms with Gasteiger partial charge in [0, 0.05) is 0 Å². The molecule has 0 aliphatic rings. The number of imide groups is 1. The first-order valence-electron chi connectivity index (χ1n) is 7.24. The van der Waals surface area contributed by atoms with Crippen molar-refractivity contribution in [1.29, 1.82) is 5.26 Å². The van der Waals surface area contributed by atoms with Gasteiger partial charge in [0.25, 0.3) is 0 Å². The van der Waals surface area contributed by atoms with E-state index >= 15 is 0 Å². The summed E-state index contributed by atoms with van der Waals surface area (Å²) in [6.07, 6.45) is -2.90. The van der Waals surface area contributed by atoms with Crippen LogP contribution < -0.4 is 4.90 Å². The quantitative estimate of drug-likeness (QED) is 0.815. The molecule has 25 heavy (non-hydrogen) atoms. The van der Waals surface area contributed by atoms with E-state index in [-0.39, 0.29) is 5.56 Å². The molecule has 2 amide bonds. The zero-order chi connectivity index (χ0) is 19.6. The lowest BCUT2D eigenvalue weighted by molar-refractivity contribution is 0.0428. The third-order valence-electron chi connectivity index (χ3n) is 2.38. The lowest BCUT2D eigenvalue weighted by Crippen LogP contribution is -2.44. The highest BCUT2D eigenvalue weighted by Crippen LogP contribution is 2.23. The predicted molar refractivity (Wildman–Crippen MR) is 85.3 cm³/mol. The Bertz CT molecular complexity index is 705. The highest BCUT2D eigenvalue weighted by molar-refractivity contribution is 6.09. The molecule has 1 N–H and O–H groups in total. The van der Waals surface area contributed by atoms with Crippen molar-refractivity contribution in [2.45, 2.75) is 52.7 Å². The number of aromatic nitrogens is 2. The molecule has 0 radical (unpaired) electrons. The number of nitriles is 1. The van der Waals surface area contributed by atoms with Gasteiger partial charge in [-0.15, -0.1) is 5.10 Å². The molecule has 10 nitrogen and oxygen atoms in total. The van der Waals surface area contributed by atoms with Gasteiger partial charge in [-0.3, -0.25) is 0 Å². The molecule has 0 atom stereocenters. The number of anilines is 1. The van der Waals surface area contributed by atoms with Crippen LogP contribution in [0, 0.1) is 11.3 Å². The van der Waals surface area contributed by atoms with E-state index in [1.165, 1.54) is 0 Å². The van der Waals surface area contributed by atoms with Crippen LogP contribution in [0.2, 0.25) is 0 Å². The van der Waals surface area contributed by atoms with Crippen molar-refractivity contribution in [2.75, 3.05) is 4.90 Å². The molecule has 0 fully saturated rings. The number of carbonyl (C=O) groups is 3. The Balaban J connectivity index is 3.41. The fourth-order valence-corrected chi connectivity index (χ4v) is 1.57. The maximum Gasteiger partial charge on any atom is 0.432 e. The van der Waals surface area contributed by atoms with Gasteiger partial charge in [-0.25, -0.2) is 14.4 Å². The summed E-state index contributed by atoms with van der Waals surface area (Å²) >= 11 is 0. The number of nitrogens with zero attached hydrogens (tertiary/aromatic N) is 4. The minimum Gasteiger partial charge on any atom is -0.463 e. The van der Waals surface area contributed by atoms with Crippen molar-refractivity contribution < 1.29 is 29.0 Å². The summed E-state index contributed by atoms with van der Waals surface area (Å²) in [7, 11) is 0. The van der Waals surface area contributed by atoms with E-state index in [0.29, 0.717) is 9.58 Å². The van der Waals surface area contributed by atoms with E-state index in [4.69, 9.17) is 19.8 Å². The largest absolute Gasteiger partial charge is 0.463 e. The first-order valence-corrected chi connectivity index (χ1v) is 7.24. The normalized spacial score (nSPS) is 11.4. The Morgan fingerprint density at radius 1 is 1.12 bits per heavy atom. The molecule has 1 rings (SSSR count). The highest BCUT2D eigenvalue weighted by Gasteiger charge is 2.36. The van der Waals surface area contributed by atoms with Crippen LogP contribution in [0.15, 0.2) is 6.20 Å². The fourth-order valence-electron chi connectivity index (χ4n) is 1.57. The van der Waals surface area contributed by atoms with Crippen LogP contribution in [-0.4, -0.2) is 44.4 Å². The number of carboxylic acid groups (broad SMARTS) is 1. The van der Waals surface area contributed by atoms with E-state index in [1.807, 2.05) is 0 Å². The summed E-state index contributed by atoms with van der Waals surface area (Å²) in [6.45, 7) is 9.50. The van der Waals surface area contributed by atoms with Crippen LogP contribution in [-0.2, 0) is 9.47 Å². The Morgan fingerprint density at radius 3 is 1.88 bits per heavy atom. The van der Waals surface area contributed by atoms with Crippen molar-refractivity contribution in [3.05, 3.63) is 11.8 Å². The Labute approximate surface area is 144 Å². The van der Waals surface area contributed by atoms with Crippen LogP contribution in [0.5, 0.6) is 0 Å². The van der Waals surface area contributed by atoms with Gasteiger partial charge in [0.2, 0.25) is 0 Å². The van der Waals surface area contributed by atoms with Crippen molar-refractivity contribution >= 4 is 24.1 Å². The van der Waals surface area contributed by atoms with Gasteiger partial charge in [-0.1, -0.05) is 0 Å². The lowest BCUT2D eigenvalue weighted by atomic mass is 10.2. The molecule has 0 bridgehead atoms. The first kappa shape index (κ1) is 20.0. The number of rotatable bonds is 1. The zero-order valence-electron chi connectivity index (χ0n) is 14.9. The minimum atomic E-state index is -1.49. The summed E-state index contributed by atoms with van der Waals surface area (Å²) in [5.74, 6) is -0.492. The van der Waals surface area contributed by atoms with Crippen molar-refractivity contribution in [3.63, 3.8) is 0 Å². The van der Waals surface area contributed by atoms with Gasteiger partial charge in [0.1, 0.15) is 22.8 Å². The Morgan fingerprint density at radius 2 is 1.56 bits per heavy atom. The first-order chi connectivity index (χ1) is 11.2. The maximum atomic E-state index is 12.4. The Kier molecular flexibility index (Phi) is 5.43. The van der Waals surface area contributed by atoms with Gasteiger partial charge < -0.3 is 14.6 Å². The van der Waals surface area contributed by atoms with Crippen molar-refractivity contribution in [3.8, 4) is 6.07 Å². The third-order valence-corrected chi connectivity index (χ3v) is 2.38. The van der Waals surface area contributed by atoms with E-state index in [0.717, 1.165) is 6.20 Å². The van der Waals surface area contributed by atoms with Gasteiger partial charge in [-0.05, 0) is 41.5 Å².